The minimum absolute atomic E-state index is 0.00256. The second-order valence-corrected chi connectivity index (χ2v) is 9.05. The normalized spacial score (nSPS) is 18.5. The van der Waals surface area contributed by atoms with E-state index in [1.807, 2.05) is 0 Å². The number of aromatic carboxylic acids is 1. The Labute approximate surface area is 223 Å². The van der Waals surface area contributed by atoms with Crippen LogP contribution in [0.2, 0.25) is 0 Å². The predicted octanol–water partition coefficient (Wildman–Crippen LogP) is -0.673. The number of imide groups is 1. The van der Waals surface area contributed by atoms with E-state index in [4.69, 9.17) is 4.65 Å². The number of carboxylic acids is 1. The van der Waals surface area contributed by atoms with E-state index in [0.29, 0.717) is 17.0 Å². The molecular formula is C25H27BN4O9. The number of likely N-dealkylation sites (N-methyl/N-ethyl adjacent to an activating group) is 1. The number of hydrogen-bond donors (Lipinski definition) is 5. The highest BCUT2D eigenvalue weighted by atomic mass is 16.5. The molecule has 0 saturated carbocycles. The first-order chi connectivity index (χ1) is 18.6. The minimum Gasteiger partial charge on any atom is -0.534 e. The molecule has 1 saturated heterocycles. The zero-order valence-electron chi connectivity index (χ0n) is 20.9. The molecule has 4 rings (SSSR count). The van der Waals surface area contributed by atoms with Crippen molar-refractivity contribution in [3.63, 3.8) is 0 Å². The highest BCUT2D eigenvalue weighted by Crippen LogP contribution is 2.30. The number of aliphatic hydroxyl groups is 1. The molecule has 0 aromatic heterocycles. The Kier molecular flexibility index (Phi) is 8.16. The molecule has 5 amide bonds. The van der Waals surface area contributed by atoms with Crippen LogP contribution < -0.4 is 15.3 Å². The van der Waals surface area contributed by atoms with E-state index in [9.17, 15) is 39.2 Å². The monoisotopic (exact) mass is 538 g/mol. The second kappa shape index (κ2) is 11.5. The minimum atomic E-state index is -1.63. The maximum atomic E-state index is 13.4. The Morgan fingerprint density at radius 3 is 2.46 bits per heavy atom. The summed E-state index contributed by atoms with van der Waals surface area (Å²) in [7, 11) is -1.63. The smallest absolute Gasteiger partial charge is 0.534 e. The van der Waals surface area contributed by atoms with Gasteiger partial charge in [0.05, 0.1) is 11.5 Å². The van der Waals surface area contributed by atoms with Gasteiger partial charge in [-0.2, -0.15) is 0 Å². The van der Waals surface area contributed by atoms with Crippen LogP contribution >= 0.6 is 0 Å². The van der Waals surface area contributed by atoms with E-state index in [2.05, 4.69) is 10.6 Å². The van der Waals surface area contributed by atoms with Crippen LogP contribution in [0.25, 0.3) is 0 Å². The van der Waals surface area contributed by atoms with Crippen LogP contribution in [0.5, 0.6) is 5.75 Å². The molecule has 13 nitrogen and oxygen atoms in total. The predicted molar refractivity (Wildman–Crippen MR) is 135 cm³/mol. The lowest BCUT2D eigenvalue weighted by molar-refractivity contribution is -0.153. The van der Waals surface area contributed by atoms with Gasteiger partial charge in [-0.25, -0.2) is 9.59 Å². The topological polar surface area (TPSA) is 186 Å². The number of amides is 5. The third-order valence-corrected chi connectivity index (χ3v) is 6.63. The molecule has 1 unspecified atom stereocenters. The fourth-order valence-electron chi connectivity index (χ4n) is 4.50. The Morgan fingerprint density at radius 2 is 1.79 bits per heavy atom. The van der Waals surface area contributed by atoms with E-state index in [1.54, 1.807) is 31.2 Å². The van der Waals surface area contributed by atoms with Crippen LogP contribution in [0.1, 0.15) is 34.5 Å². The quantitative estimate of drug-likeness (QED) is 0.225. The lowest BCUT2D eigenvalue weighted by Crippen LogP contribution is -2.62. The van der Waals surface area contributed by atoms with Crippen molar-refractivity contribution in [2.45, 2.75) is 31.4 Å². The third-order valence-electron chi connectivity index (χ3n) is 6.63. The van der Waals surface area contributed by atoms with Crippen LogP contribution in [0.4, 0.5) is 4.79 Å². The van der Waals surface area contributed by atoms with Crippen LogP contribution in [-0.4, -0.2) is 93.5 Å². The molecule has 5 N–H and O–H groups in total. The number of benzene rings is 2. The van der Waals surface area contributed by atoms with Gasteiger partial charge in [-0.05, 0) is 30.5 Å². The van der Waals surface area contributed by atoms with Gasteiger partial charge in [-0.1, -0.05) is 42.5 Å². The summed E-state index contributed by atoms with van der Waals surface area (Å²) < 4.78 is 5.40. The number of carbonyl (C=O) groups excluding carboxylic acids is 4. The van der Waals surface area contributed by atoms with E-state index in [-0.39, 0.29) is 36.4 Å². The molecule has 204 valence electrons. The van der Waals surface area contributed by atoms with Gasteiger partial charge in [0.2, 0.25) is 5.91 Å². The molecule has 2 aromatic rings. The maximum absolute atomic E-state index is 13.4. The number of fused-ring (bicyclic) bond motifs is 1. The van der Waals surface area contributed by atoms with Gasteiger partial charge < -0.3 is 35.4 Å². The number of para-hydroxylation sites is 1. The van der Waals surface area contributed by atoms with Crippen molar-refractivity contribution in [1.82, 2.24) is 20.4 Å². The van der Waals surface area contributed by atoms with Crippen LogP contribution in [0, 0.1) is 0 Å². The summed E-state index contributed by atoms with van der Waals surface area (Å²) in [4.78, 5) is 64.6. The average Bonchev–Trinajstić information content (AvgIpc) is 2.93. The van der Waals surface area contributed by atoms with Crippen molar-refractivity contribution in [3.8, 4) is 5.75 Å². The fraction of sp³-hybridized carbons (Fsp3) is 0.320. The van der Waals surface area contributed by atoms with Crippen molar-refractivity contribution in [2.24, 2.45) is 0 Å². The molecule has 14 heteroatoms. The number of nitrogens with one attached hydrogen (secondary N) is 2. The van der Waals surface area contributed by atoms with Crippen LogP contribution in [0.3, 0.4) is 0 Å². The van der Waals surface area contributed by atoms with E-state index < -0.39 is 54.9 Å². The van der Waals surface area contributed by atoms with Crippen molar-refractivity contribution in [1.29, 1.82) is 0 Å². The van der Waals surface area contributed by atoms with Gasteiger partial charge in [0.15, 0.2) is 0 Å². The number of carboxylic acid groups (broad SMARTS) is 1. The van der Waals surface area contributed by atoms with Gasteiger partial charge in [0.25, 0.3) is 0 Å². The molecular weight excluding hydrogens is 511 g/mol. The summed E-state index contributed by atoms with van der Waals surface area (Å²) in [5.74, 6) is -5.15. The van der Waals surface area contributed by atoms with Crippen molar-refractivity contribution >= 4 is 36.8 Å². The zero-order valence-corrected chi connectivity index (χ0v) is 20.9. The number of rotatable bonds is 7. The van der Waals surface area contributed by atoms with Gasteiger partial charge in [-0.3, -0.25) is 19.3 Å². The van der Waals surface area contributed by atoms with Gasteiger partial charge in [0, 0.05) is 19.6 Å². The Bertz CT molecular complexity index is 1290. The van der Waals surface area contributed by atoms with Gasteiger partial charge in [0.1, 0.15) is 17.9 Å². The molecule has 39 heavy (non-hydrogen) atoms. The van der Waals surface area contributed by atoms with E-state index in [1.165, 1.54) is 29.2 Å². The summed E-state index contributed by atoms with van der Waals surface area (Å²) in [6.07, 6.45) is -1.57. The lowest BCUT2D eigenvalue weighted by Gasteiger charge is -2.34. The summed E-state index contributed by atoms with van der Waals surface area (Å²) in [5.41, 5.74) is 0.559. The molecule has 0 bridgehead atoms. The molecule has 1 fully saturated rings. The Morgan fingerprint density at radius 1 is 1.08 bits per heavy atom. The first kappa shape index (κ1) is 27.6. The summed E-state index contributed by atoms with van der Waals surface area (Å²) in [6.45, 7) is 2.01. The third kappa shape index (κ3) is 5.71. The molecule has 2 heterocycles. The van der Waals surface area contributed by atoms with Crippen molar-refractivity contribution < 1.29 is 43.9 Å². The molecule has 3 atom stereocenters. The summed E-state index contributed by atoms with van der Waals surface area (Å²) >= 11 is 0. The molecule has 2 aliphatic rings. The Balaban J connectivity index is 1.55. The largest absolute Gasteiger partial charge is 0.547 e. The Hall–Kier alpha value is -4.43. The summed E-state index contributed by atoms with van der Waals surface area (Å²) in [6, 6.07) is 9.74. The number of nitrogens with zero attached hydrogens (tertiary/aromatic N) is 2. The number of aliphatic hydroxyl groups excluding tert-OH is 1. The first-order valence-corrected chi connectivity index (χ1v) is 12.3. The van der Waals surface area contributed by atoms with Crippen molar-refractivity contribution in [3.05, 3.63) is 65.2 Å². The summed E-state index contributed by atoms with van der Waals surface area (Å²) in [5, 5.41) is 35.8. The molecule has 0 spiro atoms. The van der Waals surface area contributed by atoms with Gasteiger partial charge in [-0.15, -0.1) is 0 Å². The van der Waals surface area contributed by atoms with E-state index in [0.717, 1.165) is 0 Å². The van der Waals surface area contributed by atoms with Crippen molar-refractivity contribution in [2.75, 3.05) is 19.6 Å². The molecule has 0 radical (unpaired) electrons. The van der Waals surface area contributed by atoms with Gasteiger partial charge >= 0.3 is 30.9 Å². The first-order valence-electron chi connectivity index (χ1n) is 12.3. The fourth-order valence-corrected chi connectivity index (χ4v) is 4.50. The maximum Gasteiger partial charge on any atom is 0.547 e. The highest BCUT2D eigenvalue weighted by Gasteiger charge is 2.42. The second-order valence-electron chi connectivity index (χ2n) is 9.05. The average molecular weight is 538 g/mol. The lowest BCUT2D eigenvalue weighted by atomic mass is 9.72. The van der Waals surface area contributed by atoms with Crippen LogP contribution in [-0.2, 0) is 20.8 Å². The number of hydrogen-bond acceptors (Lipinski definition) is 8. The standard InChI is InChI=1S/C25H27BN4O9/c1-2-29-11-12-30(23(34)22(29)33)25(37)28-18(19(31)14-7-4-3-5-8-14)21(32)27-17-13-15-9-6-10-16(24(35)36)20(15)39-26(17)38/h3-10,17-19,31,38H,2,11-13H2,1H3,(H,27,32)(H,28,37)(H,35,36)/t17-,18-,19?/m0/s1. The van der Waals surface area contributed by atoms with Crippen LogP contribution in [0.15, 0.2) is 48.5 Å². The number of piperazine rings is 1. The molecule has 2 aliphatic heterocycles. The zero-order chi connectivity index (χ0) is 28.3. The number of urea groups is 1. The highest BCUT2D eigenvalue weighted by molar-refractivity contribution is 6.47. The van der Waals surface area contributed by atoms with E-state index >= 15 is 0 Å². The number of carbonyl (C=O) groups is 5. The molecule has 2 aromatic carbocycles. The molecule has 0 aliphatic carbocycles. The SMILES string of the molecule is CCN1CCN(C(=O)N[C@H](C(=O)N[C@H]2Cc3cccc(C(=O)O)c3OB2O)C(O)c2ccccc2)C(=O)C1=O.